The maximum atomic E-state index is 13.2. The molecule has 0 radical (unpaired) electrons. The van der Waals surface area contributed by atoms with Gasteiger partial charge in [0.2, 0.25) is 0 Å². The summed E-state index contributed by atoms with van der Waals surface area (Å²) in [6.07, 6.45) is -4.17. The molecule has 2 aliphatic heterocycles. The average molecular weight is 392 g/mol. The number of alkyl halides is 3. The summed E-state index contributed by atoms with van der Waals surface area (Å²) in [4.78, 5) is 0. The summed E-state index contributed by atoms with van der Waals surface area (Å²) >= 11 is 0. The molecule has 0 aliphatic carbocycles. The molecule has 0 spiro atoms. The number of anilines is 1. The number of fused-ring (bicyclic) bond motifs is 3. The first kappa shape index (κ1) is 19.2. The van der Waals surface area contributed by atoms with Gasteiger partial charge in [-0.15, -0.1) is 0 Å². The smallest absolute Gasteiger partial charge is 0.395 e. The van der Waals surface area contributed by atoms with E-state index in [-0.39, 0.29) is 24.7 Å². The van der Waals surface area contributed by atoms with Gasteiger partial charge in [-0.05, 0) is 30.2 Å². The predicted octanol–water partition coefficient (Wildman–Crippen LogP) is 3.90. The first-order valence-electron chi connectivity index (χ1n) is 9.47. The van der Waals surface area contributed by atoms with Crippen LogP contribution in [0.2, 0.25) is 0 Å². The Balaban J connectivity index is 1.67. The standard InChI is InChI=1S/C21H23F3N2O2/c22-21(23,24)14-6-7-18-16(10-14)20-17(11-15(28-20)12-25-8-9-27)19(26-18)13-4-2-1-3-5-13/h1-7,10,15,17,19-20,25-27H,8-9,11-12H2. The third kappa shape index (κ3) is 3.74. The van der Waals surface area contributed by atoms with Crippen molar-refractivity contribution in [3.8, 4) is 0 Å². The maximum Gasteiger partial charge on any atom is 0.416 e. The third-order valence-corrected chi connectivity index (χ3v) is 5.51. The Morgan fingerprint density at radius 1 is 1.14 bits per heavy atom. The highest BCUT2D eigenvalue weighted by molar-refractivity contribution is 5.59. The number of aliphatic hydroxyl groups excluding tert-OH is 1. The summed E-state index contributed by atoms with van der Waals surface area (Å²) in [5, 5.41) is 15.5. The quantitative estimate of drug-likeness (QED) is 0.676. The topological polar surface area (TPSA) is 53.5 Å². The van der Waals surface area contributed by atoms with E-state index in [0.29, 0.717) is 24.3 Å². The van der Waals surface area contributed by atoms with Crippen LogP contribution in [0.5, 0.6) is 0 Å². The van der Waals surface area contributed by atoms with E-state index in [4.69, 9.17) is 9.84 Å². The van der Waals surface area contributed by atoms with E-state index < -0.39 is 17.8 Å². The number of nitrogens with one attached hydrogen (secondary N) is 2. The highest BCUT2D eigenvalue weighted by Crippen LogP contribution is 2.52. The van der Waals surface area contributed by atoms with E-state index in [2.05, 4.69) is 10.6 Å². The van der Waals surface area contributed by atoms with E-state index in [0.717, 1.165) is 18.1 Å². The molecule has 0 bridgehead atoms. The SMILES string of the molecule is OCCNCC1CC2C(c3ccccc3)Nc3ccc(C(F)(F)F)cc3C2O1. The Bertz CT molecular complexity index is 813. The monoisotopic (exact) mass is 392 g/mol. The van der Waals surface area contributed by atoms with Crippen molar-refractivity contribution in [1.29, 1.82) is 0 Å². The molecular weight excluding hydrogens is 369 g/mol. The first-order valence-corrected chi connectivity index (χ1v) is 9.47. The van der Waals surface area contributed by atoms with E-state index in [9.17, 15) is 13.2 Å². The van der Waals surface area contributed by atoms with Crippen molar-refractivity contribution in [3.05, 3.63) is 65.2 Å². The molecule has 4 rings (SSSR count). The molecule has 0 aromatic heterocycles. The van der Waals surface area contributed by atoms with Crippen LogP contribution in [0, 0.1) is 5.92 Å². The average Bonchev–Trinajstić information content (AvgIpc) is 3.11. The summed E-state index contributed by atoms with van der Waals surface area (Å²) in [5.41, 5.74) is 1.69. The van der Waals surface area contributed by atoms with Crippen molar-refractivity contribution >= 4 is 5.69 Å². The Hall–Kier alpha value is -2.09. The van der Waals surface area contributed by atoms with E-state index in [1.807, 2.05) is 30.3 Å². The second kappa shape index (κ2) is 7.73. The molecule has 0 saturated carbocycles. The zero-order valence-corrected chi connectivity index (χ0v) is 15.2. The van der Waals surface area contributed by atoms with Gasteiger partial charge in [0.15, 0.2) is 0 Å². The number of hydrogen-bond acceptors (Lipinski definition) is 4. The minimum Gasteiger partial charge on any atom is -0.395 e. The summed E-state index contributed by atoms with van der Waals surface area (Å²) < 4.78 is 45.9. The lowest BCUT2D eigenvalue weighted by Gasteiger charge is -2.36. The van der Waals surface area contributed by atoms with Crippen LogP contribution in [0.15, 0.2) is 48.5 Å². The second-order valence-corrected chi connectivity index (χ2v) is 7.34. The van der Waals surface area contributed by atoms with Gasteiger partial charge in [-0.3, -0.25) is 0 Å². The molecule has 4 nitrogen and oxygen atoms in total. The Morgan fingerprint density at radius 2 is 1.93 bits per heavy atom. The van der Waals surface area contributed by atoms with Gasteiger partial charge in [-0.1, -0.05) is 30.3 Å². The van der Waals surface area contributed by atoms with E-state index >= 15 is 0 Å². The summed E-state index contributed by atoms with van der Waals surface area (Å²) in [7, 11) is 0. The van der Waals surface area contributed by atoms with Crippen molar-refractivity contribution in [2.24, 2.45) is 5.92 Å². The molecular formula is C21H23F3N2O2. The van der Waals surface area contributed by atoms with Gasteiger partial charge in [-0.25, -0.2) is 0 Å². The van der Waals surface area contributed by atoms with Crippen molar-refractivity contribution in [2.45, 2.75) is 30.8 Å². The highest BCUT2D eigenvalue weighted by Gasteiger charge is 2.46. The van der Waals surface area contributed by atoms with Crippen LogP contribution in [0.3, 0.4) is 0 Å². The molecule has 2 aromatic rings. The maximum absolute atomic E-state index is 13.2. The van der Waals surface area contributed by atoms with E-state index in [1.54, 1.807) is 0 Å². The van der Waals surface area contributed by atoms with Gasteiger partial charge in [0.1, 0.15) is 0 Å². The number of halogens is 3. The Kier molecular flexibility index (Phi) is 5.31. The molecule has 1 saturated heterocycles. The molecule has 4 unspecified atom stereocenters. The Morgan fingerprint density at radius 3 is 2.64 bits per heavy atom. The van der Waals surface area contributed by atoms with Crippen LogP contribution < -0.4 is 10.6 Å². The van der Waals surface area contributed by atoms with Crippen LogP contribution >= 0.6 is 0 Å². The Labute approximate surface area is 161 Å². The molecule has 0 amide bonds. The second-order valence-electron chi connectivity index (χ2n) is 7.34. The molecule has 3 N–H and O–H groups in total. The lowest BCUT2D eigenvalue weighted by molar-refractivity contribution is -0.137. The molecule has 4 atom stereocenters. The van der Waals surface area contributed by atoms with Crippen molar-refractivity contribution in [1.82, 2.24) is 5.32 Å². The van der Waals surface area contributed by atoms with Gasteiger partial charge in [-0.2, -0.15) is 13.2 Å². The fraction of sp³-hybridized carbons (Fsp3) is 0.429. The zero-order chi connectivity index (χ0) is 19.7. The van der Waals surface area contributed by atoms with E-state index in [1.165, 1.54) is 12.1 Å². The van der Waals surface area contributed by atoms with Gasteiger partial charge in [0, 0.05) is 30.3 Å². The number of hydrogen-bond donors (Lipinski definition) is 3. The molecule has 2 aromatic carbocycles. The number of rotatable bonds is 5. The highest BCUT2D eigenvalue weighted by atomic mass is 19.4. The van der Waals surface area contributed by atoms with Crippen molar-refractivity contribution in [2.75, 3.05) is 25.0 Å². The molecule has 28 heavy (non-hydrogen) atoms. The van der Waals surface area contributed by atoms with Crippen LogP contribution in [0.1, 0.15) is 35.3 Å². The van der Waals surface area contributed by atoms with Crippen molar-refractivity contribution < 1.29 is 23.0 Å². The van der Waals surface area contributed by atoms with Crippen LogP contribution in [0.25, 0.3) is 0 Å². The van der Waals surface area contributed by atoms with Gasteiger partial charge >= 0.3 is 6.18 Å². The van der Waals surface area contributed by atoms with Crippen molar-refractivity contribution in [3.63, 3.8) is 0 Å². The predicted molar refractivity (Wildman–Crippen MR) is 99.9 cm³/mol. The first-order chi connectivity index (χ1) is 13.5. The summed E-state index contributed by atoms with van der Waals surface area (Å²) in [6, 6.07) is 13.7. The third-order valence-electron chi connectivity index (χ3n) is 5.51. The fourth-order valence-electron chi connectivity index (χ4n) is 4.25. The fourth-order valence-corrected chi connectivity index (χ4v) is 4.25. The molecule has 7 heteroatoms. The minimum atomic E-state index is -4.39. The van der Waals surface area contributed by atoms with Gasteiger partial charge in [0.05, 0.1) is 30.4 Å². The van der Waals surface area contributed by atoms with Crippen LogP contribution in [-0.4, -0.2) is 30.9 Å². The van der Waals surface area contributed by atoms with Gasteiger partial charge in [0.25, 0.3) is 0 Å². The summed E-state index contributed by atoms with van der Waals surface area (Å²) in [6.45, 7) is 1.05. The molecule has 1 fully saturated rings. The number of ether oxygens (including phenoxy) is 1. The van der Waals surface area contributed by atoms with Gasteiger partial charge < -0.3 is 20.5 Å². The molecule has 2 aliphatic rings. The summed E-state index contributed by atoms with van der Waals surface area (Å²) in [5.74, 6) is 0.0271. The van der Waals surface area contributed by atoms with Crippen LogP contribution in [-0.2, 0) is 10.9 Å². The molecule has 150 valence electrons. The zero-order valence-electron chi connectivity index (χ0n) is 15.2. The number of aliphatic hydroxyl groups is 1. The lowest BCUT2D eigenvalue weighted by atomic mass is 9.80. The van der Waals surface area contributed by atoms with Crippen LogP contribution in [0.4, 0.5) is 18.9 Å². The lowest BCUT2D eigenvalue weighted by Crippen LogP contribution is -2.29. The normalized spacial score (nSPS) is 26.4. The number of benzene rings is 2. The molecule has 2 heterocycles. The largest absolute Gasteiger partial charge is 0.416 e. The minimum absolute atomic E-state index is 0.0271.